The van der Waals surface area contributed by atoms with Gasteiger partial charge in [0, 0.05) is 6.54 Å². The summed E-state index contributed by atoms with van der Waals surface area (Å²) in [6, 6.07) is 2.97. The molecule has 6 nitrogen and oxygen atoms in total. The summed E-state index contributed by atoms with van der Waals surface area (Å²) in [6.45, 7) is 0.597. The highest BCUT2D eigenvalue weighted by Gasteiger charge is 2.40. The first-order valence-corrected chi connectivity index (χ1v) is 7.86. The molecule has 1 saturated heterocycles. The van der Waals surface area contributed by atoms with E-state index in [9.17, 15) is 14.7 Å². The average Bonchev–Trinajstić information content (AvgIpc) is 3.13. The highest BCUT2D eigenvalue weighted by Crippen LogP contribution is 2.42. The van der Waals surface area contributed by atoms with Crippen LogP contribution < -0.4 is 0 Å². The van der Waals surface area contributed by atoms with Gasteiger partial charge in [-0.05, 0) is 25.0 Å². The van der Waals surface area contributed by atoms with Crippen molar-refractivity contribution in [3.8, 4) is 5.69 Å². The van der Waals surface area contributed by atoms with Crippen LogP contribution in [0.25, 0.3) is 5.69 Å². The van der Waals surface area contributed by atoms with Gasteiger partial charge in [-0.3, -0.25) is 9.36 Å². The van der Waals surface area contributed by atoms with E-state index in [0.717, 1.165) is 12.8 Å². The Kier molecular flexibility index (Phi) is 3.14. The van der Waals surface area contributed by atoms with Crippen molar-refractivity contribution in [2.45, 2.75) is 18.9 Å². The van der Waals surface area contributed by atoms with Gasteiger partial charge in [-0.15, -0.1) is 0 Å². The molecule has 1 fully saturated rings. The molecule has 2 aliphatic heterocycles. The highest BCUT2D eigenvalue weighted by molar-refractivity contribution is 6.44. The van der Waals surface area contributed by atoms with Gasteiger partial charge >= 0.3 is 5.97 Å². The number of aromatic nitrogens is 2. The number of carboxylic acids is 1. The summed E-state index contributed by atoms with van der Waals surface area (Å²) in [5, 5.41) is 9.83. The zero-order chi connectivity index (χ0) is 16.3. The van der Waals surface area contributed by atoms with Crippen LogP contribution in [0.2, 0.25) is 10.0 Å². The molecule has 1 aromatic heterocycles. The number of carbonyl (C=O) groups is 2. The van der Waals surface area contributed by atoms with E-state index in [1.54, 1.807) is 17.0 Å². The molecule has 0 bridgehead atoms. The van der Waals surface area contributed by atoms with Gasteiger partial charge in [-0.1, -0.05) is 23.2 Å². The number of carbonyl (C=O) groups excluding carboxylic acids is 1. The van der Waals surface area contributed by atoms with Crippen molar-refractivity contribution in [2.24, 2.45) is 0 Å². The van der Waals surface area contributed by atoms with Gasteiger partial charge in [0.05, 0.1) is 39.2 Å². The third kappa shape index (κ3) is 1.91. The van der Waals surface area contributed by atoms with E-state index >= 15 is 0 Å². The number of imidazole rings is 1. The van der Waals surface area contributed by atoms with Crippen LogP contribution in [0.3, 0.4) is 0 Å². The van der Waals surface area contributed by atoms with Crippen LogP contribution in [0.15, 0.2) is 18.3 Å². The minimum absolute atomic E-state index is 0.137. The van der Waals surface area contributed by atoms with Gasteiger partial charge < -0.3 is 10.0 Å². The minimum Gasteiger partial charge on any atom is -0.475 e. The van der Waals surface area contributed by atoms with Crippen LogP contribution in [-0.4, -0.2) is 38.0 Å². The van der Waals surface area contributed by atoms with E-state index in [4.69, 9.17) is 23.2 Å². The van der Waals surface area contributed by atoms with Crippen LogP contribution in [0.4, 0.5) is 0 Å². The first-order valence-electron chi connectivity index (χ1n) is 7.11. The van der Waals surface area contributed by atoms with Gasteiger partial charge in [-0.2, -0.15) is 0 Å². The SMILES string of the molecule is O=C(O)c1ncc2n1-c1ccc(Cl)c(Cl)c1C(=O)N1CCC[C@@H]21. The third-order valence-corrected chi connectivity index (χ3v) is 5.17. The molecular formula is C15H11Cl2N3O3. The van der Waals surface area contributed by atoms with Gasteiger partial charge in [0.1, 0.15) is 0 Å². The number of amides is 1. The highest BCUT2D eigenvalue weighted by atomic mass is 35.5. The molecule has 0 spiro atoms. The molecule has 3 heterocycles. The van der Waals surface area contributed by atoms with E-state index in [0.29, 0.717) is 17.9 Å². The van der Waals surface area contributed by atoms with E-state index in [1.165, 1.54) is 10.8 Å². The first kappa shape index (κ1) is 14.5. The van der Waals surface area contributed by atoms with Gasteiger partial charge in [-0.25, -0.2) is 9.78 Å². The number of aromatic carboxylic acids is 1. The van der Waals surface area contributed by atoms with E-state index < -0.39 is 5.97 Å². The molecule has 4 rings (SSSR count). The second-order valence-corrected chi connectivity index (χ2v) is 6.34. The lowest BCUT2D eigenvalue weighted by Gasteiger charge is -2.22. The molecule has 0 unspecified atom stereocenters. The lowest BCUT2D eigenvalue weighted by Crippen LogP contribution is -2.29. The quantitative estimate of drug-likeness (QED) is 0.855. The molecule has 1 atom stereocenters. The fourth-order valence-electron chi connectivity index (χ4n) is 3.40. The number of hydrogen-bond acceptors (Lipinski definition) is 3. The number of carboxylic acid groups (broad SMARTS) is 1. The van der Waals surface area contributed by atoms with Gasteiger partial charge in [0.2, 0.25) is 5.82 Å². The second kappa shape index (κ2) is 4.97. The Balaban J connectivity index is 2.11. The molecule has 1 aromatic carbocycles. The van der Waals surface area contributed by atoms with Crippen LogP contribution in [0.1, 0.15) is 45.6 Å². The molecule has 0 saturated carbocycles. The standard InChI is InChI=1S/C15H11Cl2N3O3/c16-7-3-4-9-11(12(7)17)14(21)19-5-1-2-8(19)10-6-18-13(15(22)23)20(9)10/h3-4,6,8H,1-2,5H2,(H,22,23)/t8-/m0/s1. The van der Waals surface area contributed by atoms with Crippen LogP contribution in [-0.2, 0) is 0 Å². The number of benzene rings is 1. The van der Waals surface area contributed by atoms with Gasteiger partial charge in [0.15, 0.2) is 0 Å². The molecule has 1 N–H and O–H groups in total. The van der Waals surface area contributed by atoms with Crippen molar-refractivity contribution in [3.05, 3.63) is 45.5 Å². The first-order chi connectivity index (χ1) is 11.0. The normalized spacial score (nSPS) is 19.1. The molecular weight excluding hydrogens is 341 g/mol. The Bertz CT molecular complexity index is 862. The monoisotopic (exact) mass is 351 g/mol. The Hall–Kier alpha value is -2.05. The average molecular weight is 352 g/mol. The maximum atomic E-state index is 12.9. The lowest BCUT2D eigenvalue weighted by atomic mass is 10.1. The minimum atomic E-state index is -1.16. The van der Waals surface area contributed by atoms with Crippen molar-refractivity contribution in [3.63, 3.8) is 0 Å². The predicted molar refractivity (Wildman–Crippen MR) is 83.6 cm³/mol. The lowest BCUT2D eigenvalue weighted by molar-refractivity contribution is 0.0680. The summed E-state index contributed by atoms with van der Waals surface area (Å²) in [4.78, 5) is 30.2. The summed E-state index contributed by atoms with van der Waals surface area (Å²) >= 11 is 12.3. The summed E-state index contributed by atoms with van der Waals surface area (Å²) in [5.74, 6) is -1.52. The van der Waals surface area contributed by atoms with Crippen molar-refractivity contribution in [2.75, 3.05) is 6.54 Å². The molecule has 8 heteroatoms. The van der Waals surface area contributed by atoms with Crippen LogP contribution in [0.5, 0.6) is 0 Å². The van der Waals surface area contributed by atoms with E-state index in [2.05, 4.69) is 4.98 Å². The molecule has 118 valence electrons. The smallest absolute Gasteiger partial charge is 0.372 e. The molecule has 1 amide bonds. The van der Waals surface area contributed by atoms with Crippen LogP contribution >= 0.6 is 23.2 Å². The zero-order valence-corrected chi connectivity index (χ0v) is 13.3. The summed E-state index contributed by atoms with van der Waals surface area (Å²) < 4.78 is 1.51. The molecule has 2 aliphatic rings. The Labute approximate surface area is 141 Å². The fourth-order valence-corrected chi connectivity index (χ4v) is 3.79. The van der Waals surface area contributed by atoms with Gasteiger partial charge in [0.25, 0.3) is 5.91 Å². The number of nitrogens with zero attached hydrogens (tertiary/aromatic N) is 3. The van der Waals surface area contributed by atoms with Crippen molar-refractivity contribution in [1.29, 1.82) is 0 Å². The number of hydrogen-bond donors (Lipinski definition) is 1. The van der Waals surface area contributed by atoms with Crippen molar-refractivity contribution >= 4 is 35.1 Å². The summed E-state index contributed by atoms with van der Waals surface area (Å²) in [6.07, 6.45) is 3.13. The topological polar surface area (TPSA) is 75.4 Å². The molecule has 2 aromatic rings. The van der Waals surface area contributed by atoms with Crippen molar-refractivity contribution in [1.82, 2.24) is 14.5 Å². The maximum Gasteiger partial charge on any atom is 0.372 e. The van der Waals surface area contributed by atoms with E-state index in [-0.39, 0.29) is 33.4 Å². The molecule has 23 heavy (non-hydrogen) atoms. The summed E-state index contributed by atoms with van der Waals surface area (Å²) in [7, 11) is 0. The summed E-state index contributed by atoms with van der Waals surface area (Å²) in [5.41, 5.74) is 1.32. The number of fused-ring (bicyclic) bond motifs is 5. The number of rotatable bonds is 1. The second-order valence-electron chi connectivity index (χ2n) is 5.56. The Morgan fingerprint density at radius 3 is 2.87 bits per heavy atom. The van der Waals surface area contributed by atoms with Crippen molar-refractivity contribution < 1.29 is 14.7 Å². The molecule has 0 aliphatic carbocycles. The fraction of sp³-hybridized carbons (Fsp3) is 0.267. The van der Waals surface area contributed by atoms with Crippen LogP contribution in [0, 0.1) is 0 Å². The molecule has 0 radical (unpaired) electrons. The largest absolute Gasteiger partial charge is 0.475 e. The Morgan fingerprint density at radius 1 is 1.35 bits per heavy atom. The third-order valence-electron chi connectivity index (χ3n) is 4.36. The zero-order valence-electron chi connectivity index (χ0n) is 11.8. The Morgan fingerprint density at radius 2 is 2.13 bits per heavy atom. The predicted octanol–water partition coefficient (Wildman–Crippen LogP) is 3.17. The van der Waals surface area contributed by atoms with E-state index in [1.807, 2.05) is 0 Å². The number of halogens is 2. The maximum absolute atomic E-state index is 12.9.